The van der Waals surface area contributed by atoms with Gasteiger partial charge in [-0.3, -0.25) is 59.6 Å². The lowest BCUT2D eigenvalue weighted by Gasteiger charge is -2.36. The van der Waals surface area contributed by atoms with E-state index in [0.717, 1.165) is 122 Å². The van der Waals surface area contributed by atoms with Crippen LogP contribution < -0.4 is 41.8 Å². The molecule has 0 aliphatic carbocycles. The molecule has 594 valence electrons. The molecule has 0 saturated carbocycles. The molecule has 0 spiro atoms. The fourth-order valence-corrected chi connectivity index (χ4v) is 16.8. The Labute approximate surface area is 662 Å². The smallest absolute Gasteiger partial charge is 0.293 e. The minimum Gasteiger partial charge on any atom is -0.366 e. The topological polar surface area (TPSA) is 369 Å². The molecule has 12 aromatic rings. The number of nitro groups is 4. The van der Waals surface area contributed by atoms with Gasteiger partial charge in [0.05, 0.1) is 64.0 Å². The second-order valence-electron chi connectivity index (χ2n) is 30.0. The number of fused-ring (bicyclic) bond motifs is 4. The van der Waals surface area contributed by atoms with Crippen molar-refractivity contribution in [2.75, 3.05) is 65.4 Å². The van der Waals surface area contributed by atoms with Crippen LogP contribution in [-0.4, -0.2) is 112 Å². The third-order valence-electron chi connectivity index (χ3n) is 23.1. The van der Waals surface area contributed by atoms with Gasteiger partial charge in [-0.25, -0.2) is 20.4 Å². The number of nitrogens with zero attached hydrogens (tertiary/aromatic N) is 12. The van der Waals surface area contributed by atoms with Gasteiger partial charge in [0.2, 0.25) is 0 Å². The fourth-order valence-electron chi connectivity index (χ4n) is 16.8. The Hall–Kier alpha value is -12.9. The number of aromatic nitrogens is 8. The van der Waals surface area contributed by atoms with Crippen molar-refractivity contribution in [2.24, 2.45) is 17.8 Å². The van der Waals surface area contributed by atoms with Crippen LogP contribution >= 0.6 is 0 Å². The standard InChI is InChI=1S/C23H26N4O3.C22H24N4O3.2C21H22N4O3/c1-2-3-6-16-11-13-26(14-12-16)20-10-9-17(15-21(20)27(29)30)22-18-7-4-5-8-19(18)23(28)25-24-22;1-2-5-15-10-12-25(13-11-15)19-9-8-16(14-20(19)26(28)29)21-17-6-3-4-7-18(17)22(27)24-23-21;1-2-15-7-5-6-12-24(15)18-11-10-14(13-19(18)25(27)28)20-16-8-3-4-9-17(16)21(26)23-22-20;1-2-14-9-11-24(12-10-14)18-8-7-15(13-19(18)25(27)28)20-16-5-3-4-6-17(16)21(26)23-22-20/h4-5,7-10,15-16H,2-3,6,11-14H2,1H3,(H,25,28);3-4,6-9,14-15H,2,5,10-13H2,1H3,(H,24,27);3-4,8-11,13,15H,2,5-7,12H2,1H3,(H,23,26);3-8,13-14H,2,9-12H2,1H3,(H,23,26). The highest BCUT2D eigenvalue weighted by molar-refractivity contribution is 5.98. The monoisotopic (exact) mass is 1550 g/mol. The first-order valence-electron chi connectivity index (χ1n) is 39.9. The zero-order chi connectivity index (χ0) is 80.8. The molecule has 4 N–H and O–H groups in total. The average Bonchev–Trinajstić information content (AvgIpc) is 0.808. The normalized spacial score (nSPS) is 15.5. The van der Waals surface area contributed by atoms with Crippen molar-refractivity contribution in [1.29, 1.82) is 0 Å². The van der Waals surface area contributed by atoms with Gasteiger partial charge in [-0.05, 0) is 130 Å². The summed E-state index contributed by atoms with van der Waals surface area (Å²) in [4.78, 5) is 103. The van der Waals surface area contributed by atoms with Gasteiger partial charge < -0.3 is 19.6 Å². The molecule has 28 nitrogen and oxygen atoms in total. The fraction of sp³-hybridized carbons (Fsp3) is 0.356. The molecule has 4 aliphatic heterocycles. The van der Waals surface area contributed by atoms with E-state index in [1.54, 1.807) is 78.9 Å². The molecule has 28 heteroatoms. The highest BCUT2D eigenvalue weighted by Crippen LogP contribution is 2.43. The lowest BCUT2D eigenvalue weighted by molar-refractivity contribution is -0.384. The number of anilines is 4. The first-order chi connectivity index (χ1) is 55.8. The zero-order valence-corrected chi connectivity index (χ0v) is 65.0. The zero-order valence-electron chi connectivity index (χ0n) is 65.0. The third-order valence-corrected chi connectivity index (χ3v) is 23.1. The maximum Gasteiger partial charge on any atom is 0.293 e. The highest BCUT2D eigenvalue weighted by atomic mass is 16.6. The van der Waals surface area contributed by atoms with Crippen molar-refractivity contribution in [2.45, 2.75) is 136 Å². The van der Waals surface area contributed by atoms with Crippen molar-refractivity contribution in [3.8, 4) is 45.0 Å². The van der Waals surface area contributed by atoms with Crippen LogP contribution in [-0.2, 0) is 0 Å². The second kappa shape index (κ2) is 36.7. The molecule has 1 atom stereocenters. The first kappa shape index (κ1) is 80.2. The first-order valence-corrected chi connectivity index (χ1v) is 39.9. The summed E-state index contributed by atoms with van der Waals surface area (Å²) in [7, 11) is 0. The van der Waals surface area contributed by atoms with Crippen LogP contribution in [0.3, 0.4) is 0 Å². The SMILES string of the molecule is CCC1CCCCN1c1ccc(-c2n[nH]c(=O)c3ccccc23)cc1[N+](=O)[O-].CCC1CCN(c2ccc(-c3n[nH]c(=O)c4ccccc34)cc2[N+](=O)[O-])CC1.CCCC1CCN(c2ccc(-c3n[nH]c(=O)c4ccccc34)cc2[N+](=O)[O-])CC1.CCCCC1CCN(c2ccc(-c3n[nH]c(=O)c4ccccc34)cc2[N+](=O)[O-])CC1. The Kier molecular flexibility index (Phi) is 25.6. The summed E-state index contributed by atoms with van der Waals surface area (Å²) < 4.78 is 0. The van der Waals surface area contributed by atoms with Gasteiger partial charge in [-0.2, -0.15) is 20.4 Å². The summed E-state index contributed by atoms with van der Waals surface area (Å²) in [6.07, 6.45) is 17.9. The molecule has 0 bridgehead atoms. The number of hydrogen-bond acceptors (Lipinski definition) is 20. The molecule has 1 unspecified atom stereocenters. The van der Waals surface area contributed by atoms with Gasteiger partial charge in [0.1, 0.15) is 22.7 Å². The van der Waals surface area contributed by atoms with Gasteiger partial charge in [-0.1, -0.05) is 163 Å². The maximum absolute atomic E-state index is 12.1. The number of benzene rings is 8. The van der Waals surface area contributed by atoms with E-state index in [4.69, 9.17) is 0 Å². The summed E-state index contributed by atoms with van der Waals surface area (Å²) in [5.41, 5.74) is 6.47. The van der Waals surface area contributed by atoms with Gasteiger partial charge >= 0.3 is 0 Å². The Morgan fingerprint density at radius 3 is 0.930 bits per heavy atom. The van der Waals surface area contributed by atoms with Gasteiger partial charge in [0.25, 0.3) is 45.0 Å². The Bertz CT molecular complexity index is 5800. The van der Waals surface area contributed by atoms with Gasteiger partial charge in [0, 0.05) is 120 Å². The number of rotatable bonds is 19. The van der Waals surface area contributed by atoms with E-state index in [0.29, 0.717) is 129 Å². The lowest BCUT2D eigenvalue weighted by atomic mass is 9.91. The van der Waals surface area contributed by atoms with E-state index in [2.05, 4.69) is 88.1 Å². The van der Waals surface area contributed by atoms with Crippen LogP contribution in [0.4, 0.5) is 45.5 Å². The van der Waals surface area contributed by atoms with Gasteiger partial charge in [0.15, 0.2) is 0 Å². The van der Waals surface area contributed by atoms with Gasteiger partial charge in [-0.15, -0.1) is 0 Å². The molecule has 0 amide bonds. The van der Waals surface area contributed by atoms with Crippen LogP contribution in [0.2, 0.25) is 0 Å². The van der Waals surface area contributed by atoms with Crippen LogP contribution in [0.25, 0.3) is 88.1 Å². The van der Waals surface area contributed by atoms with Crippen molar-refractivity contribution in [3.63, 3.8) is 0 Å². The Morgan fingerprint density at radius 1 is 0.339 bits per heavy atom. The number of unbranched alkanes of at least 4 members (excludes halogenated alkanes) is 1. The molecular weight excluding hydrogens is 1460 g/mol. The van der Waals surface area contributed by atoms with E-state index < -0.39 is 0 Å². The minimum atomic E-state index is -0.335. The maximum atomic E-state index is 12.1. The highest BCUT2D eigenvalue weighted by Gasteiger charge is 2.32. The number of nitro benzene ring substituents is 4. The third kappa shape index (κ3) is 18.0. The number of nitrogens with one attached hydrogen (secondary N) is 4. The predicted octanol–water partition coefficient (Wildman–Crippen LogP) is 17.8. The molecule has 4 aliphatic rings. The Morgan fingerprint density at radius 2 is 0.635 bits per heavy atom. The molecule has 4 saturated heterocycles. The molecule has 0 radical (unpaired) electrons. The molecule has 16 rings (SSSR count). The molecular formula is C87H94N16O12. The Balaban J connectivity index is 0.000000134. The summed E-state index contributed by atoms with van der Waals surface area (Å²) in [5.74, 6) is 2.13. The predicted molar refractivity (Wildman–Crippen MR) is 453 cm³/mol. The van der Waals surface area contributed by atoms with Crippen molar-refractivity contribution < 1.29 is 19.7 Å². The van der Waals surface area contributed by atoms with E-state index in [1.165, 1.54) is 32.1 Å². The van der Waals surface area contributed by atoms with E-state index in [9.17, 15) is 59.6 Å². The second-order valence-corrected chi connectivity index (χ2v) is 30.0. The molecule has 8 heterocycles. The minimum absolute atomic E-state index is 0.0736. The summed E-state index contributed by atoms with van der Waals surface area (Å²) in [6.45, 7) is 14.6. The van der Waals surface area contributed by atoms with E-state index in [-0.39, 0.29) is 64.7 Å². The lowest BCUT2D eigenvalue weighted by Crippen LogP contribution is -2.39. The molecule has 8 aromatic carbocycles. The van der Waals surface area contributed by atoms with Crippen LogP contribution in [0, 0.1) is 58.2 Å². The van der Waals surface area contributed by atoms with Crippen molar-refractivity contribution >= 4 is 88.6 Å². The van der Waals surface area contributed by atoms with Crippen LogP contribution in [0.5, 0.6) is 0 Å². The summed E-state index contributed by atoms with van der Waals surface area (Å²) in [5, 5.41) is 78.8. The summed E-state index contributed by atoms with van der Waals surface area (Å²) >= 11 is 0. The van der Waals surface area contributed by atoms with E-state index >= 15 is 0 Å². The number of H-pyrrole nitrogens is 4. The molecule has 115 heavy (non-hydrogen) atoms. The van der Waals surface area contributed by atoms with E-state index in [1.807, 2.05) is 91.0 Å². The molecule has 4 aromatic heterocycles. The summed E-state index contributed by atoms with van der Waals surface area (Å²) in [6, 6.07) is 49.9. The van der Waals surface area contributed by atoms with Crippen molar-refractivity contribution in [1.82, 2.24) is 40.8 Å². The number of hydrogen-bond donors (Lipinski definition) is 4. The number of aromatic amines is 4. The largest absolute Gasteiger partial charge is 0.366 e. The van der Waals surface area contributed by atoms with Crippen LogP contribution in [0.1, 0.15) is 130 Å². The van der Waals surface area contributed by atoms with Crippen molar-refractivity contribution in [3.05, 3.63) is 252 Å². The molecule has 4 fully saturated rings. The quantitative estimate of drug-likeness (QED) is 0.0431. The number of piperidine rings is 4. The van der Waals surface area contributed by atoms with Crippen LogP contribution in [0.15, 0.2) is 189 Å². The average molecular weight is 1560 g/mol.